The molecule has 1 saturated heterocycles. The number of alkyl carbamates (subject to hydrolysis) is 1. The molecule has 0 radical (unpaired) electrons. The summed E-state index contributed by atoms with van der Waals surface area (Å²) in [7, 11) is 0. The first kappa shape index (κ1) is 30.9. The molecule has 0 aliphatic carbocycles. The van der Waals surface area contributed by atoms with Gasteiger partial charge in [-0.1, -0.05) is 72.4 Å². The first-order chi connectivity index (χ1) is 21.7. The summed E-state index contributed by atoms with van der Waals surface area (Å²) in [6, 6.07) is 22.3. The molecule has 6 rings (SSSR count). The maximum absolute atomic E-state index is 14.1. The quantitative estimate of drug-likeness (QED) is 0.120. The van der Waals surface area contributed by atoms with Gasteiger partial charge in [-0.2, -0.15) is 0 Å². The number of aromatic nitrogens is 1. The summed E-state index contributed by atoms with van der Waals surface area (Å²) in [6.45, 7) is 5.28. The van der Waals surface area contributed by atoms with Crippen molar-refractivity contribution in [2.45, 2.75) is 48.1 Å². The van der Waals surface area contributed by atoms with Gasteiger partial charge in [0.05, 0.1) is 4.21 Å². The molecule has 0 bridgehead atoms. The number of β-lactam (4-membered cyclic amide) rings is 1. The molecule has 2 atom stereocenters. The van der Waals surface area contributed by atoms with Crippen LogP contribution in [0.1, 0.15) is 38.0 Å². The van der Waals surface area contributed by atoms with E-state index in [9.17, 15) is 14.4 Å². The van der Waals surface area contributed by atoms with E-state index in [-0.39, 0.29) is 5.70 Å². The summed E-state index contributed by atoms with van der Waals surface area (Å²) in [5.41, 5.74) is 1.76. The van der Waals surface area contributed by atoms with Crippen LogP contribution in [-0.4, -0.2) is 50.6 Å². The lowest BCUT2D eigenvalue weighted by Gasteiger charge is -2.49. The summed E-state index contributed by atoms with van der Waals surface area (Å²) < 4.78 is 13.8. The van der Waals surface area contributed by atoms with Crippen LogP contribution >= 0.6 is 34.9 Å². The highest BCUT2D eigenvalue weighted by molar-refractivity contribution is 8.04. The molecule has 230 valence electrons. The van der Waals surface area contributed by atoms with Gasteiger partial charge in [0.1, 0.15) is 22.7 Å². The van der Waals surface area contributed by atoms with Gasteiger partial charge in [0, 0.05) is 28.2 Å². The molecular weight excluding hydrogens is 627 g/mol. The Balaban J connectivity index is 1.30. The Hall–Kier alpha value is -4.06. The fourth-order valence-corrected chi connectivity index (χ4v) is 8.31. The van der Waals surface area contributed by atoms with Gasteiger partial charge >= 0.3 is 12.1 Å². The van der Waals surface area contributed by atoms with Gasteiger partial charge in [-0.3, -0.25) is 14.7 Å². The molecule has 45 heavy (non-hydrogen) atoms. The van der Waals surface area contributed by atoms with Crippen molar-refractivity contribution in [2.75, 3.05) is 5.75 Å². The van der Waals surface area contributed by atoms with E-state index in [1.165, 1.54) is 28.4 Å². The predicted octanol–water partition coefficient (Wildman–Crippen LogP) is 7.30. The molecule has 4 heterocycles. The van der Waals surface area contributed by atoms with Gasteiger partial charge in [0.2, 0.25) is 0 Å². The second kappa shape index (κ2) is 13.1. The van der Waals surface area contributed by atoms with Crippen LogP contribution in [0.15, 0.2) is 112 Å². The summed E-state index contributed by atoms with van der Waals surface area (Å²) >= 11 is 4.67. The molecule has 2 aliphatic rings. The van der Waals surface area contributed by atoms with Crippen molar-refractivity contribution in [1.29, 1.82) is 0 Å². The number of nitrogens with zero attached hydrogens (tertiary/aromatic N) is 2. The number of allylic oxidation sites excluding steroid dienone is 1. The molecular formula is C34H31N3O5S3. The maximum Gasteiger partial charge on any atom is 0.408 e. The van der Waals surface area contributed by atoms with E-state index in [1.54, 1.807) is 38.3 Å². The number of thiophene rings is 1. The van der Waals surface area contributed by atoms with E-state index in [0.29, 0.717) is 11.3 Å². The van der Waals surface area contributed by atoms with Crippen LogP contribution in [0, 0.1) is 0 Å². The Morgan fingerprint density at radius 2 is 1.76 bits per heavy atom. The normalized spacial score (nSPS) is 18.2. The van der Waals surface area contributed by atoms with Crippen LogP contribution in [-0.2, 0) is 19.1 Å². The van der Waals surface area contributed by atoms with Crippen molar-refractivity contribution in [3.05, 3.63) is 119 Å². The van der Waals surface area contributed by atoms with Crippen molar-refractivity contribution >= 4 is 62.9 Å². The third-order valence-electron chi connectivity index (χ3n) is 7.04. The van der Waals surface area contributed by atoms with E-state index in [1.807, 2.05) is 84.4 Å². The van der Waals surface area contributed by atoms with Gasteiger partial charge in [-0.15, -0.1) is 23.1 Å². The topological polar surface area (TPSA) is 97.8 Å². The number of fused-ring (bicyclic) bond motifs is 2. The van der Waals surface area contributed by atoms with Crippen molar-refractivity contribution < 1.29 is 23.9 Å². The molecule has 0 spiro atoms. The molecule has 0 unspecified atom stereocenters. The van der Waals surface area contributed by atoms with E-state index < -0.39 is 41.1 Å². The highest BCUT2D eigenvalue weighted by Crippen LogP contribution is 2.42. The maximum atomic E-state index is 14.1. The Morgan fingerprint density at radius 3 is 2.40 bits per heavy atom. The van der Waals surface area contributed by atoms with Gasteiger partial charge in [-0.25, -0.2) is 9.59 Å². The standard InChI is InChI=1S/C34H31N3O5S3/c1-34(2,3)42-33(40)36-27-30(38)37-28(32(39)41-29(21-10-6-4-7-11-21)22-12-8-5-9-13-22)23(20-44-31(27)37)15-17-43-26-18-24-19-35-16-14-25(24)45-26/h4-19,27,29,31H,20H2,1-3H3,(H,36,40)/b17-15+/t27-,31-/m1/s1. The molecule has 2 amide bonds. The lowest BCUT2D eigenvalue weighted by Crippen LogP contribution is -2.70. The van der Waals surface area contributed by atoms with Gasteiger partial charge < -0.3 is 14.8 Å². The van der Waals surface area contributed by atoms with Crippen LogP contribution in [0.3, 0.4) is 0 Å². The van der Waals surface area contributed by atoms with Crippen LogP contribution in [0.25, 0.3) is 10.1 Å². The highest BCUT2D eigenvalue weighted by Gasteiger charge is 2.54. The van der Waals surface area contributed by atoms with E-state index in [0.717, 1.165) is 25.4 Å². The summed E-state index contributed by atoms with van der Waals surface area (Å²) in [5, 5.41) is 5.21. The molecule has 2 aliphatic heterocycles. The molecule has 1 N–H and O–H groups in total. The van der Waals surface area contributed by atoms with Crippen LogP contribution in [0.5, 0.6) is 0 Å². The number of hydrogen-bond acceptors (Lipinski definition) is 9. The van der Waals surface area contributed by atoms with Crippen molar-refractivity contribution in [3.63, 3.8) is 0 Å². The number of nitrogens with one attached hydrogen (secondary N) is 1. The second-order valence-electron chi connectivity index (χ2n) is 11.4. The van der Waals surface area contributed by atoms with Gasteiger partial charge in [0.25, 0.3) is 5.91 Å². The third-order valence-corrected chi connectivity index (χ3v) is 10.4. The number of ether oxygens (including phenoxy) is 2. The van der Waals surface area contributed by atoms with E-state index in [4.69, 9.17) is 9.47 Å². The largest absolute Gasteiger partial charge is 0.448 e. The summed E-state index contributed by atoms with van der Waals surface area (Å²) in [6.07, 6.45) is 4.12. The van der Waals surface area contributed by atoms with Crippen LogP contribution < -0.4 is 5.32 Å². The fraction of sp³-hybridized carbons (Fsp3) is 0.235. The fourth-order valence-electron chi connectivity index (χ4n) is 5.04. The van der Waals surface area contributed by atoms with Crippen molar-refractivity contribution in [3.8, 4) is 0 Å². The zero-order valence-electron chi connectivity index (χ0n) is 24.8. The molecule has 8 nitrogen and oxygen atoms in total. The zero-order valence-corrected chi connectivity index (χ0v) is 27.3. The minimum Gasteiger partial charge on any atom is -0.448 e. The summed E-state index contributed by atoms with van der Waals surface area (Å²) in [5.74, 6) is -0.559. The number of benzene rings is 2. The Kier molecular flexibility index (Phi) is 9.02. The predicted molar refractivity (Wildman–Crippen MR) is 179 cm³/mol. The smallest absolute Gasteiger partial charge is 0.408 e. The number of pyridine rings is 1. The molecule has 11 heteroatoms. The molecule has 4 aromatic rings. The Morgan fingerprint density at radius 1 is 1.07 bits per heavy atom. The minimum absolute atomic E-state index is 0.181. The SMILES string of the molecule is CC(C)(C)OC(=O)N[C@@H]1C(=O)N2C(C(=O)OC(c3ccccc3)c3ccccc3)=C(/C=C/Sc3cc4cnccc4s3)CS[C@H]12. The van der Waals surface area contributed by atoms with Crippen molar-refractivity contribution in [1.82, 2.24) is 15.2 Å². The Bertz CT molecular complexity index is 1710. The monoisotopic (exact) mass is 657 g/mol. The zero-order chi connectivity index (χ0) is 31.6. The van der Waals surface area contributed by atoms with Crippen LogP contribution in [0.2, 0.25) is 0 Å². The second-order valence-corrected chi connectivity index (χ2v) is 14.8. The molecule has 0 saturated carbocycles. The molecule has 2 aromatic carbocycles. The number of hydrogen-bond donors (Lipinski definition) is 1. The lowest BCUT2D eigenvalue weighted by atomic mass is 10.0. The van der Waals surface area contributed by atoms with E-state index >= 15 is 0 Å². The average molecular weight is 658 g/mol. The number of amides is 2. The Labute approximate surface area is 273 Å². The summed E-state index contributed by atoms with van der Waals surface area (Å²) in [4.78, 5) is 45.8. The molecule has 2 aromatic heterocycles. The lowest BCUT2D eigenvalue weighted by molar-refractivity contribution is -0.153. The number of esters is 1. The number of carbonyl (C=O) groups is 3. The van der Waals surface area contributed by atoms with Crippen molar-refractivity contribution in [2.24, 2.45) is 0 Å². The number of carbonyl (C=O) groups excluding carboxylic acids is 3. The van der Waals surface area contributed by atoms with Crippen LogP contribution in [0.4, 0.5) is 4.79 Å². The highest BCUT2D eigenvalue weighted by atomic mass is 32.2. The van der Waals surface area contributed by atoms with E-state index in [2.05, 4.69) is 16.4 Å². The van der Waals surface area contributed by atoms with Gasteiger partial charge in [0.15, 0.2) is 6.10 Å². The van der Waals surface area contributed by atoms with Gasteiger partial charge in [-0.05, 0) is 61.1 Å². The third kappa shape index (κ3) is 6.95. The number of rotatable bonds is 8. The average Bonchev–Trinajstić information content (AvgIpc) is 3.45. The first-order valence-electron chi connectivity index (χ1n) is 14.3. The molecule has 1 fully saturated rings. The number of thioether (sulfide) groups is 2. The minimum atomic E-state index is -0.821. The first-order valence-corrected chi connectivity index (χ1v) is 17.1.